The molecule has 1 aliphatic rings. The molecule has 0 saturated heterocycles. The van der Waals surface area contributed by atoms with E-state index in [2.05, 4.69) is 15.5 Å². The number of fused-ring (bicyclic) bond motifs is 1. The Labute approximate surface area is 123 Å². The Kier molecular flexibility index (Phi) is 4.20. The molecule has 1 aromatic carbocycles. The molecular weight excluding hydrogens is 266 g/mol. The zero-order chi connectivity index (χ0) is 14.7. The maximum atomic E-state index is 12.3. The number of H-pyrrole nitrogens is 1. The summed E-state index contributed by atoms with van der Waals surface area (Å²) in [6, 6.07) is 7.61. The van der Waals surface area contributed by atoms with Gasteiger partial charge in [0.05, 0.1) is 5.52 Å². The molecule has 0 aliphatic heterocycles. The molecule has 1 saturated carbocycles. The normalized spacial score (nSPS) is 22.3. The van der Waals surface area contributed by atoms with Crippen molar-refractivity contribution in [1.29, 1.82) is 0 Å². The van der Waals surface area contributed by atoms with E-state index >= 15 is 0 Å². The Morgan fingerprint density at radius 1 is 1.29 bits per heavy atom. The van der Waals surface area contributed by atoms with Crippen molar-refractivity contribution in [3.05, 3.63) is 30.0 Å². The Balaban J connectivity index is 1.66. The molecule has 5 heteroatoms. The molecule has 1 aromatic heterocycles. The largest absolute Gasteiger partial charge is 0.396 e. The van der Waals surface area contributed by atoms with Gasteiger partial charge in [-0.15, -0.1) is 0 Å². The average Bonchev–Trinajstić information content (AvgIpc) is 2.97. The van der Waals surface area contributed by atoms with Gasteiger partial charge in [0.25, 0.3) is 5.91 Å². The number of aliphatic hydroxyl groups is 1. The summed E-state index contributed by atoms with van der Waals surface area (Å²) in [4.78, 5) is 12.3. The van der Waals surface area contributed by atoms with Crippen LogP contribution in [0, 0.1) is 11.8 Å². The number of aromatic amines is 1. The Morgan fingerprint density at radius 3 is 2.86 bits per heavy atom. The monoisotopic (exact) mass is 287 g/mol. The fourth-order valence-electron chi connectivity index (χ4n) is 3.24. The lowest BCUT2D eigenvalue weighted by Gasteiger charge is -2.30. The van der Waals surface area contributed by atoms with Crippen molar-refractivity contribution in [2.75, 3.05) is 13.2 Å². The van der Waals surface area contributed by atoms with Crippen LogP contribution in [0.4, 0.5) is 0 Å². The molecule has 0 radical (unpaired) electrons. The van der Waals surface area contributed by atoms with E-state index in [4.69, 9.17) is 0 Å². The first kappa shape index (κ1) is 14.1. The van der Waals surface area contributed by atoms with E-state index in [1.807, 2.05) is 24.3 Å². The lowest BCUT2D eigenvalue weighted by atomic mass is 9.79. The van der Waals surface area contributed by atoms with Gasteiger partial charge in [-0.2, -0.15) is 5.10 Å². The fourth-order valence-corrected chi connectivity index (χ4v) is 3.24. The predicted molar refractivity (Wildman–Crippen MR) is 81.0 cm³/mol. The zero-order valence-corrected chi connectivity index (χ0v) is 12.0. The molecule has 5 nitrogen and oxygen atoms in total. The second-order valence-corrected chi connectivity index (χ2v) is 5.82. The minimum atomic E-state index is -0.144. The fraction of sp³-hybridized carbons (Fsp3) is 0.500. The topological polar surface area (TPSA) is 78.0 Å². The van der Waals surface area contributed by atoms with Gasteiger partial charge in [0.15, 0.2) is 5.69 Å². The number of hydrogen-bond donors (Lipinski definition) is 3. The van der Waals surface area contributed by atoms with Crippen LogP contribution in [0.2, 0.25) is 0 Å². The number of aromatic nitrogens is 2. The Hall–Kier alpha value is -1.88. The standard InChI is InChI=1S/C16H21N3O2/c20-10-12-6-2-1-5-11(12)9-17-16(21)15-13-7-3-4-8-14(13)18-19-15/h3-4,7-8,11-12,20H,1-2,5-6,9-10H2,(H,17,21)(H,18,19). The minimum absolute atomic E-state index is 0.144. The third kappa shape index (κ3) is 2.93. The van der Waals surface area contributed by atoms with Crippen LogP contribution in [0.1, 0.15) is 36.2 Å². The third-order valence-electron chi connectivity index (χ3n) is 4.51. The lowest BCUT2D eigenvalue weighted by Crippen LogP contribution is -2.35. The highest BCUT2D eigenvalue weighted by Crippen LogP contribution is 2.29. The molecule has 0 bridgehead atoms. The lowest BCUT2D eigenvalue weighted by molar-refractivity contribution is 0.0906. The number of hydrogen-bond acceptors (Lipinski definition) is 3. The number of benzene rings is 1. The molecule has 1 amide bonds. The predicted octanol–water partition coefficient (Wildman–Crippen LogP) is 2.09. The molecule has 2 unspecified atom stereocenters. The summed E-state index contributed by atoms with van der Waals surface area (Å²) in [7, 11) is 0. The van der Waals surface area contributed by atoms with Crippen molar-refractivity contribution in [2.45, 2.75) is 25.7 Å². The van der Waals surface area contributed by atoms with E-state index in [0.717, 1.165) is 23.7 Å². The summed E-state index contributed by atoms with van der Waals surface area (Å²) < 4.78 is 0. The van der Waals surface area contributed by atoms with E-state index in [1.165, 1.54) is 12.8 Å². The molecule has 112 valence electrons. The molecule has 2 aromatic rings. The van der Waals surface area contributed by atoms with Gasteiger partial charge >= 0.3 is 0 Å². The van der Waals surface area contributed by atoms with Crippen molar-refractivity contribution < 1.29 is 9.90 Å². The number of aliphatic hydroxyl groups excluding tert-OH is 1. The first-order valence-electron chi connectivity index (χ1n) is 7.61. The highest BCUT2D eigenvalue weighted by molar-refractivity contribution is 6.04. The summed E-state index contributed by atoms with van der Waals surface area (Å²) in [6.45, 7) is 0.830. The number of nitrogens with one attached hydrogen (secondary N) is 2. The SMILES string of the molecule is O=C(NCC1CCCCC1CO)c1n[nH]c2ccccc12. The van der Waals surface area contributed by atoms with E-state index in [1.54, 1.807) is 0 Å². The minimum Gasteiger partial charge on any atom is -0.396 e. The van der Waals surface area contributed by atoms with Gasteiger partial charge in [-0.05, 0) is 30.7 Å². The highest BCUT2D eigenvalue weighted by Gasteiger charge is 2.25. The van der Waals surface area contributed by atoms with Crippen molar-refractivity contribution in [3.63, 3.8) is 0 Å². The van der Waals surface area contributed by atoms with E-state index in [-0.39, 0.29) is 12.5 Å². The number of amides is 1. The molecule has 3 N–H and O–H groups in total. The van der Waals surface area contributed by atoms with Gasteiger partial charge in [-0.1, -0.05) is 31.0 Å². The highest BCUT2D eigenvalue weighted by atomic mass is 16.3. The maximum Gasteiger partial charge on any atom is 0.272 e. The molecule has 2 atom stereocenters. The number of carbonyl (C=O) groups excluding carboxylic acids is 1. The van der Waals surface area contributed by atoms with Gasteiger partial charge in [0, 0.05) is 18.5 Å². The van der Waals surface area contributed by atoms with Gasteiger partial charge < -0.3 is 10.4 Å². The molecule has 1 aliphatic carbocycles. The van der Waals surface area contributed by atoms with Crippen LogP contribution in [-0.4, -0.2) is 34.4 Å². The van der Waals surface area contributed by atoms with Gasteiger partial charge in [0.2, 0.25) is 0 Å². The molecule has 1 fully saturated rings. The zero-order valence-electron chi connectivity index (χ0n) is 12.0. The van der Waals surface area contributed by atoms with Gasteiger partial charge in [0.1, 0.15) is 0 Å². The van der Waals surface area contributed by atoms with Gasteiger partial charge in [-0.25, -0.2) is 0 Å². The van der Waals surface area contributed by atoms with E-state index in [9.17, 15) is 9.90 Å². The summed E-state index contributed by atoms with van der Waals surface area (Å²) >= 11 is 0. The van der Waals surface area contributed by atoms with Crippen molar-refractivity contribution in [2.24, 2.45) is 11.8 Å². The van der Waals surface area contributed by atoms with Crippen LogP contribution >= 0.6 is 0 Å². The van der Waals surface area contributed by atoms with E-state index in [0.29, 0.717) is 24.1 Å². The quantitative estimate of drug-likeness (QED) is 0.805. The van der Waals surface area contributed by atoms with Crippen LogP contribution in [0.15, 0.2) is 24.3 Å². The molecule has 0 spiro atoms. The molecule has 21 heavy (non-hydrogen) atoms. The second-order valence-electron chi connectivity index (χ2n) is 5.82. The van der Waals surface area contributed by atoms with Gasteiger partial charge in [-0.3, -0.25) is 9.89 Å². The van der Waals surface area contributed by atoms with Crippen LogP contribution in [-0.2, 0) is 0 Å². The smallest absolute Gasteiger partial charge is 0.272 e. The number of nitrogens with zero attached hydrogens (tertiary/aromatic N) is 1. The third-order valence-corrected chi connectivity index (χ3v) is 4.51. The van der Waals surface area contributed by atoms with Crippen LogP contribution in [0.3, 0.4) is 0 Å². The summed E-state index contributed by atoms with van der Waals surface area (Å²) in [5, 5.41) is 20.2. The Bertz CT molecular complexity index is 623. The van der Waals surface area contributed by atoms with E-state index < -0.39 is 0 Å². The molecular formula is C16H21N3O2. The van der Waals surface area contributed by atoms with Crippen LogP contribution in [0.25, 0.3) is 10.9 Å². The number of para-hydroxylation sites is 1. The Morgan fingerprint density at radius 2 is 2.05 bits per heavy atom. The summed E-state index contributed by atoms with van der Waals surface area (Å²) in [6.07, 6.45) is 4.50. The first-order chi connectivity index (χ1) is 10.3. The number of carbonyl (C=O) groups is 1. The van der Waals surface area contributed by atoms with Crippen LogP contribution < -0.4 is 5.32 Å². The summed E-state index contributed by atoms with van der Waals surface area (Å²) in [5.41, 5.74) is 1.32. The average molecular weight is 287 g/mol. The number of rotatable bonds is 4. The second kappa shape index (κ2) is 6.26. The van der Waals surface area contributed by atoms with Crippen molar-refractivity contribution in [1.82, 2.24) is 15.5 Å². The maximum absolute atomic E-state index is 12.3. The summed E-state index contributed by atoms with van der Waals surface area (Å²) in [5.74, 6) is 0.544. The van der Waals surface area contributed by atoms with Crippen molar-refractivity contribution in [3.8, 4) is 0 Å². The molecule has 3 rings (SSSR count). The molecule has 1 heterocycles. The van der Waals surface area contributed by atoms with Crippen LogP contribution in [0.5, 0.6) is 0 Å². The first-order valence-corrected chi connectivity index (χ1v) is 7.61. The van der Waals surface area contributed by atoms with Crippen molar-refractivity contribution >= 4 is 16.8 Å².